The van der Waals surface area contributed by atoms with E-state index in [1.54, 1.807) is 12.1 Å². The molecule has 0 saturated carbocycles. The van der Waals surface area contributed by atoms with Gasteiger partial charge >= 0.3 is 0 Å². The molecule has 1 aromatic rings. The van der Waals surface area contributed by atoms with Gasteiger partial charge in [0.25, 0.3) is 0 Å². The number of nitriles is 1. The molecule has 0 spiro atoms. The first-order valence-electron chi connectivity index (χ1n) is 5.33. The first kappa shape index (κ1) is 11.7. The Balaban J connectivity index is 2.81. The molecule has 2 heteroatoms. The third-order valence-corrected chi connectivity index (χ3v) is 2.65. The number of nitrogens with zero attached hydrogens (tertiary/aromatic N) is 1. The minimum absolute atomic E-state index is 0.630. The van der Waals surface area contributed by atoms with E-state index in [1.165, 1.54) is 0 Å². The van der Waals surface area contributed by atoms with Crippen molar-refractivity contribution in [2.45, 2.75) is 38.7 Å². The van der Waals surface area contributed by atoms with E-state index < -0.39 is 5.60 Å². The van der Waals surface area contributed by atoms with Gasteiger partial charge in [-0.1, -0.05) is 31.9 Å². The van der Waals surface area contributed by atoms with Gasteiger partial charge in [-0.2, -0.15) is 5.26 Å². The molecular weight excluding hydrogens is 186 g/mol. The highest BCUT2D eigenvalue weighted by atomic mass is 16.3. The Hall–Kier alpha value is -1.33. The van der Waals surface area contributed by atoms with E-state index in [2.05, 4.69) is 13.0 Å². The molecule has 1 N–H and O–H groups in total. The SMILES string of the molecule is CCCCC(C)(O)c1ccc(C#N)cc1. The van der Waals surface area contributed by atoms with Crippen LogP contribution >= 0.6 is 0 Å². The normalized spacial score (nSPS) is 14.3. The number of hydrogen-bond donors (Lipinski definition) is 1. The zero-order chi connectivity index (χ0) is 11.3. The summed E-state index contributed by atoms with van der Waals surface area (Å²) in [4.78, 5) is 0. The zero-order valence-corrected chi connectivity index (χ0v) is 9.33. The molecule has 1 rings (SSSR count). The highest BCUT2D eigenvalue weighted by Gasteiger charge is 2.21. The number of benzene rings is 1. The van der Waals surface area contributed by atoms with E-state index in [1.807, 2.05) is 19.1 Å². The van der Waals surface area contributed by atoms with Gasteiger partial charge < -0.3 is 5.11 Å². The molecule has 0 radical (unpaired) electrons. The van der Waals surface area contributed by atoms with Crippen LogP contribution in [0.3, 0.4) is 0 Å². The largest absolute Gasteiger partial charge is 0.385 e. The molecule has 0 aromatic heterocycles. The van der Waals surface area contributed by atoms with Crippen molar-refractivity contribution >= 4 is 0 Å². The Labute approximate surface area is 91.2 Å². The van der Waals surface area contributed by atoms with Gasteiger partial charge in [0, 0.05) is 0 Å². The Kier molecular flexibility index (Phi) is 3.88. The van der Waals surface area contributed by atoms with Crippen molar-refractivity contribution in [3.05, 3.63) is 35.4 Å². The van der Waals surface area contributed by atoms with Gasteiger partial charge in [-0.15, -0.1) is 0 Å². The lowest BCUT2D eigenvalue weighted by Crippen LogP contribution is -2.20. The van der Waals surface area contributed by atoms with E-state index in [0.717, 1.165) is 24.8 Å². The summed E-state index contributed by atoms with van der Waals surface area (Å²) >= 11 is 0. The molecule has 0 aliphatic heterocycles. The van der Waals surface area contributed by atoms with E-state index in [9.17, 15) is 5.11 Å². The second-order valence-electron chi connectivity index (χ2n) is 4.07. The molecule has 0 amide bonds. The van der Waals surface area contributed by atoms with Crippen LogP contribution in [-0.4, -0.2) is 5.11 Å². The predicted octanol–water partition coefficient (Wildman–Crippen LogP) is 2.96. The molecule has 80 valence electrons. The minimum Gasteiger partial charge on any atom is -0.385 e. The van der Waals surface area contributed by atoms with Gasteiger partial charge in [-0.3, -0.25) is 0 Å². The summed E-state index contributed by atoms with van der Waals surface area (Å²) < 4.78 is 0. The number of rotatable bonds is 4. The zero-order valence-electron chi connectivity index (χ0n) is 9.33. The van der Waals surface area contributed by atoms with E-state index in [0.29, 0.717) is 5.56 Å². The highest BCUT2D eigenvalue weighted by Crippen LogP contribution is 2.26. The summed E-state index contributed by atoms with van der Waals surface area (Å²) in [6.45, 7) is 3.93. The maximum Gasteiger partial charge on any atom is 0.0991 e. The molecule has 1 atom stereocenters. The first-order chi connectivity index (χ1) is 7.10. The molecule has 0 bridgehead atoms. The van der Waals surface area contributed by atoms with Gasteiger partial charge in [0.1, 0.15) is 0 Å². The molecule has 15 heavy (non-hydrogen) atoms. The topological polar surface area (TPSA) is 44.0 Å². The third kappa shape index (κ3) is 3.07. The van der Waals surface area contributed by atoms with Crippen LogP contribution in [0.1, 0.15) is 44.2 Å². The number of aliphatic hydroxyl groups is 1. The Morgan fingerprint density at radius 1 is 1.33 bits per heavy atom. The fourth-order valence-corrected chi connectivity index (χ4v) is 1.57. The summed E-state index contributed by atoms with van der Waals surface area (Å²) in [5, 5.41) is 18.9. The van der Waals surface area contributed by atoms with Crippen LogP contribution in [0.4, 0.5) is 0 Å². The van der Waals surface area contributed by atoms with Crippen LogP contribution in [0.2, 0.25) is 0 Å². The molecule has 0 heterocycles. The Morgan fingerprint density at radius 2 is 1.93 bits per heavy atom. The van der Waals surface area contributed by atoms with Crippen molar-refractivity contribution in [1.29, 1.82) is 5.26 Å². The molecule has 1 aromatic carbocycles. The van der Waals surface area contributed by atoms with E-state index in [-0.39, 0.29) is 0 Å². The molecule has 2 nitrogen and oxygen atoms in total. The lowest BCUT2D eigenvalue weighted by Gasteiger charge is -2.23. The van der Waals surface area contributed by atoms with Crippen molar-refractivity contribution in [2.24, 2.45) is 0 Å². The monoisotopic (exact) mass is 203 g/mol. The summed E-state index contributed by atoms with van der Waals surface area (Å²) in [6.07, 6.45) is 2.84. The molecular formula is C13H17NO. The fraction of sp³-hybridized carbons (Fsp3) is 0.462. The van der Waals surface area contributed by atoms with Crippen LogP contribution in [0, 0.1) is 11.3 Å². The van der Waals surface area contributed by atoms with Gasteiger partial charge in [0.05, 0.1) is 17.2 Å². The number of unbranched alkanes of at least 4 members (excludes halogenated alkanes) is 1. The summed E-state index contributed by atoms with van der Waals surface area (Å²) in [6, 6.07) is 9.21. The second kappa shape index (κ2) is 4.95. The van der Waals surface area contributed by atoms with Gasteiger partial charge in [-0.05, 0) is 31.0 Å². The molecule has 1 unspecified atom stereocenters. The average Bonchev–Trinajstić information content (AvgIpc) is 2.26. The van der Waals surface area contributed by atoms with Crippen molar-refractivity contribution in [3.8, 4) is 6.07 Å². The summed E-state index contributed by atoms with van der Waals surface area (Å²) in [7, 11) is 0. The van der Waals surface area contributed by atoms with Crippen LogP contribution < -0.4 is 0 Å². The van der Waals surface area contributed by atoms with Crippen molar-refractivity contribution in [1.82, 2.24) is 0 Å². The maximum atomic E-state index is 10.2. The smallest absolute Gasteiger partial charge is 0.0991 e. The van der Waals surface area contributed by atoms with Gasteiger partial charge in [0.15, 0.2) is 0 Å². The lowest BCUT2D eigenvalue weighted by molar-refractivity contribution is 0.0454. The third-order valence-electron chi connectivity index (χ3n) is 2.65. The molecule has 0 fully saturated rings. The van der Waals surface area contributed by atoms with Crippen molar-refractivity contribution in [2.75, 3.05) is 0 Å². The van der Waals surface area contributed by atoms with Crippen molar-refractivity contribution in [3.63, 3.8) is 0 Å². The second-order valence-corrected chi connectivity index (χ2v) is 4.07. The van der Waals surface area contributed by atoms with E-state index >= 15 is 0 Å². The molecule has 0 aliphatic rings. The number of hydrogen-bond acceptors (Lipinski definition) is 2. The minimum atomic E-state index is -0.774. The van der Waals surface area contributed by atoms with Crippen molar-refractivity contribution < 1.29 is 5.11 Å². The summed E-state index contributed by atoms with van der Waals surface area (Å²) in [5.74, 6) is 0. The Morgan fingerprint density at radius 3 is 2.40 bits per heavy atom. The van der Waals surface area contributed by atoms with Crippen LogP contribution in [0.15, 0.2) is 24.3 Å². The standard InChI is InChI=1S/C13H17NO/c1-3-4-9-13(2,15)12-7-5-11(10-14)6-8-12/h5-8,15H,3-4,9H2,1-2H3. The van der Waals surface area contributed by atoms with E-state index in [4.69, 9.17) is 5.26 Å². The maximum absolute atomic E-state index is 10.2. The van der Waals surface area contributed by atoms with Crippen LogP contribution in [-0.2, 0) is 5.60 Å². The lowest BCUT2D eigenvalue weighted by atomic mass is 9.90. The fourth-order valence-electron chi connectivity index (χ4n) is 1.57. The molecule has 0 saturated heterocycles. The highest BCUT2D eigenvalue weighted by molar-refractivity contribution is 5.33. The van der Waals surface area contributed by atoms with Gasteiger partial charge in [0.2, 0.25) is 0 Å². The Bertz CT molecular complexity index is 346. The predicted molar refractivity (Wildman–Crippen MR) is 60.3 cm³/mol. The van der Waals surface area contributed by atoms with Gasteiger partial charge in [-0.25, -0.2) is 0 Å². The van der Waals surface area contributed by atoms with Crippen LogP contribution in [0.25, 0.3) is 0 Å². The average molecular weight is 203 g/mol. The quantitative estimate of drug-likeness (QED) is 0.817. The first-order valence-corrected chi connectivity index (χ1v) is 5.33. The summed E-state index contributed by atoms with van der Waals surface area (Å²) in [5.41, 5.74) is 0.740. The van der Waals surface area contributed by atoms with Crippen LogP contribution in [0.5, 0.6) is 0 Å². The molecule has 0 aliphatic carbocycles.